The van der Waals surface area contributed by atoms with E-state index in [1.54, 1.807) is 6.07 Å². The zero-order valence-electron chi connectivity index (χ0n) is 18.4. The second kappa shape index (κ2) is 10.6. The standard InChI is InChI=1S/C25H26N4O2S2/c1-2-18-5-7-19(8-6-18)24(31)29-15-13-28(14-16-29)21-11-9-20(10-12-21)26-25(32)27-23(30)22-4-3-17-33-22/h3-12,17H,2,13-16H2,1H3,(H2,26,27,30,32). The Balaban J connectivity index is 1.27. The van der Waals surface area contributed by atoms with Gasteiger partial charge in [0.15, 0.2) is 5.11 Å². The Bertz CT molecular complexity index is 1100. The summed E-state index contributed by atoms with van der Waals surface area (Å²) >= 11 is 6.62. The smallest absolute Gasteiger partial charge is 0.267 e. The van der Waals surface area contributed by atoms with Gasteiger partial charge < -0.3 is 15.1 Å². The molecule has 2 amide bonds. The fraction of sp³-hybridized carbons (Fsp3) is 0.240. The molecule has 4 rings (SSSR count). The van der Waals surface area contributed by atoms with Crippen LogP contribution in [0.15, 0.2) is 66.0 Å². The predicted octanol–water partition coefficient (Wildman–Crippen LogP) is 4.40. The van der Waals surface area contributed by atoms with Crippen LogP contribution in [-0.2, 0) is 6.42 Å². The van der Waals surface area contributed by atoms with Crippen molar-refractivity contribution in [1.82, 2.24) is 10.2 Å². The van der Waals surface area contributed by atoms with E-state index in [1.165, 1.54) is 16.9 Å². The van der Waals surface area contributed by atoms with Crippen LogP contribution in [0.4, 0.5) is 11.4 Å². The number of nitrogens with one attached hydrogen (secondary N) is 2. The van der Waals surface area contributed by atoms with E-state index in [0.717, 1.165) is 36.4 Å². The number of nitrogens with zero attached hydrogens (tertiary/aromatic N) is 2. The number of thiocarbonyl (C=S) groups is 1. The molecular weight excluding hydrogens is 452 g/mol. The van der Waals surface area contributed by atoms with E-state index < -0.39 is 0 Å². The van der Waals surface area contributed by atoms with Gasteiger partial charge in [0, 0.05) is 43.1 Å². The van der Waals surface area contributed by atoms with E-state index in [9.17, 15) is 9.59 Å². The maximum Gasteiger partial charge on any atom is 0.267 e. The van der Waals surface area contributed by atoms with Crippen LogP contribution in [0.5, 0.6) is 0 Å². The highest BCUT2D eigenvalue weighted by Crippen LogP contribution is 2.20. The summed E-state index contributed by atoms with van der Waals surface area (Å²) in [4.78, 5) is 29.7. The number of rotatable bonds is 5. The largest absolute Gasteiger partial charge is 0.368 e. The fourth-order valence-electron chi connectivity index (χ4n) is 3.72. The van der Waals surface area contributed by atoms with Gasteiger partial charge in [0.2, 0.25) is 0 Å². The molecule has 3 aromatic rings. The summed E-state index contributed by atoms with van der Waals surface area (Å²) in [6.07, 6.45) is 0.969. The Hall–Kier alpha value is -3.23. The van der Waals surface area contributed by atoms with Gasteiger partial charge in [0.05, 0.1) is 4.88 Å². The summed E-state index contributed by atoms with van der Waals surface area (Å²) in [5.41, 5.74) is 3.88. The number of carbonyl (C=O) groups excluding carboxylic acids is 2. The second-order valence-electron chi connectivity index (χ2n) is 7.76. The van der Waals surface area contributed by atoms with Crippen LogP contribution in [0.3, 0.4) is 0 Å². The summed E-state index contributed by atoms with van der Waals surface area (Å²) in [6.45, 7) is 5.04. The lowest BCUT2D eigenvalue weighted by atomic mass is 10.1. The van der Waals surface area contributed by atoms with E-state index in [4.69, 9.17) is 12.2 Å². The molecule has 1 fully saturated rings. The maximum absolute atomic E-state index is 12.8. The monoisotopic (exact) mass is 478 g/mol. The molecule has 6 nitrogen and oxygen atoms in total. The van der Waals surface area contributed by atoms with Crippen molar-refractivity contribution in [1.29, 1.82) is 0 Å². The molecule has 2 N–H and O–H groups in total. The lowest BCUT2D eigenvalue weighted by Crippen LogP contribution is -2.48. The Labute approximate surface area is 203 Å². The summed E-state index contributed by atoms with van der Waals surface area (Å²) in [6, 6.07) is 19.4. The third-order valence-electron chi connectivity index (χ3n) is 5.64. The molecule has 33 heavy (non-hydrogen) atoms. The number of hydrogen-bond acceptors (Lipinski definition) is 5. The highest BCUT2D eigenvalue weighted by atomic mass is 32.1. The molecular formula is C25H26N4O2S2. The van der Waals surface area contributed by atoms with Crippen molar-refractivity contribution in [2.45, 2.75) is 13.3 Å². The normalized spacial score (nSPS) is 13.5. The van der Waals surface area contributed by atoms with Gasteiger partial charge in [0.1, 0.15) is 0 Å². The first-order valence-electron chi connectivity index (χ1n) is 10.9. The van der Waals surface area contributed by atoms with Crippen molar-refractivity contribution in [3.8, 4) is 0 Å². The Morgan fingerprint density at radius 3 is 2.27 bits per heavy atom. The van der Waals surface area contributed by atoms with Crippen molar-refractivity contribution in [2.24, 2.45) is 0 Å². The molecule has 170 valence electrons. The Morgan fingerprint density at radius 2 is 1.67 bits per heavy atom. The van der Waals surface area contributed by atoms with Crippen LogP contribution in [0.2, 0.25) is 0 Å². The van der Waals surface area contributed by atoms with Crippen molar-refractivity contribution >= 4 is 51.9 Å². The number of benzene rings is 2. The average Bonchev–Trinajstić information content (AvgIpc) is 3.40. The van der Waals surface area contributed by atoms with Crippen LogP contribution in [0, 0.1) is 0 Å². The average molecular weight is 479 g/mol. The van der Waals surface area contributed by atoms with Gasteiger partial charge in [-0.1, -0.05) is 25.1 Å². The van der Waals surface area contributed by atoms with Gasteiger partial charge in [-0.25, -0.2) is 0 Å². The van der Waals surface area contributed by atoms with Gasteiger partial charge >= 0.3 is 0 Å². The summed E-state index contributed by atoms with van der Waals surface area (Å²) in [7, 11) is 0. The minimum Gasteiger partial charge on any atom is -0.368 e. The van der Waals surface area contributed by atoms with E-state index in [-0.39, 0.29) is 16.9 Å². The summed E-state index contributed by atoms with van der Waals surface area (Å²) < 4.78 is 0. The third kappa shape index (κ3) is 5.77. The number of anilines is 2. The lowest BCUT2D eigenvalue weighted by Gasteiger charge is -2.36. The van der Waals surface area contributed by atoms with E-state index >= 15 is 0 Å². The molecule has 1 aliphatic heterocycles. The molecule has 0 bridgehead atoms. The zero-order chi connectivity index (χ0) is 23.2. The highest BCUT2D eigenvalue weighted by molar-refractivity contribution is 7.80. The van der Waals surface area contributed by atoms with Crippen molar-refractivity contribution in [3.05, 3.63) is 82.0 Å². The number of thiophene rings is 1. The van der Waals surface area contributed by atoms with Crippen LogP contribution >= 0.6 is 23.6 Å². The highest BCUT2D eigenvalue weighted by Gasteiger charge is 2.22. The van der Waals surface area contributed by atoms with Crippen LogP contribution in [0.25, 0.3) is 0 Å². The molecule has 1 aliphatic rings. The number of carbonyl (C=O) groups is 2. The molecule has 0 aliphatic carbocycles. The molecule has 8 heteroatoms. The third-order valence-corrected chi connectivity index (χ3v) is 6.71. The van der Waals surface area contributed by atoms with Gasteiger partial charge in [-0.05, 0) is 72.0 Å². The topological polar surface area (TPSA) is 64.7 Å². The maximum atomic E-state index is 12.8. The molecule has 0 atom stereocenters. The minimum absolute atomic E-state index is 0.0926. The van der Waals surface area contributed by atoms with Gasteiger partial charge in [-0.3, -0.25) is 14.9 Å². The lowest BCUT2D eigenvalue weighted by molar-refractivity contribution is 0.0746. The number of aryl methyl sites for hydroxylation is 1. The summed E-state index contributed by atoms with van der Waals surface area (Å²) in [5, 5.41) is 7.85. The van der Waals surface area contributed by atoms with Gasteiger partial charge in [-0.2, -0.15) is 0 Å². The molecule has 2 aromatic carbocycles. The van der Waals surface area contributed by atoms with Crippen LogP contribution < -0.4 is 15.5 Å². The molecule has 0 radical (unpaired) electrons. The minimum atomic E-state index is -0.215. The first-order valence-corrected chi connectivity index (χ1v) is 12.2. The predicted molar refractivity (Wildman–Crippen MR) is 138 cm³/mol. The Kier molecular flexibility index (Phi) is 7.36. The van der Waals surface area contributed by atoms with Gasteiger partial charge in [0.25, 0.3) is 11.8 Å². The van der Waals surface area contributed by atoms with Crippen LogP contribution in [-0.4, -0.2) is 48.0 Å². The second-order valence-corrected chi connectivity index (χ2v) is 9.12. The van der Waals surface area contributed by atoms with E-state index in [2.05, 4.69) is 22.5 Å². The van der Waals surface area contributed by atoms with Crippen LogP contribution in [0.1, 0.15) is 32.5 Å². The van der Waals surface area contributed by atoms with E-state index in [1.807, 2.05) is 64.9 Å². The Morgan fingerprint density at radius 1 is 0.970 bits per heavy atom. The molecule has 0 unspecified atom stereocenters. The molecule has 1 saturated heterocycles. The quantitative estimate of drug-likeness (QED) is 0.532. The molecule has 0 saturated carbocycles. The fourth-order valence-corrected chi connectivity index (χ4v) is 4.55. The van der Waals surface area contributed by atoms with Crippen molar-refractivity contribution in [2.75, 3.05) is 36.4 Å². The first-order chi connectivity index (χ1) is 16.0. The van der Waals surface area contributed by atoms with Crippen molar-refractivity contribution in [3.63, 3.8) is 0 Å². The van der Waals surface area contributed by atoms with Gasteiger partial charge in [-0.15, -0.1) is 11.3 Å². The number of hydrogen-bond donors (Lipinski definition) is 2. The van der Waals surface area contributed by atoms with Crippen molar-refractivity contribution < 1.29 is 9.59 Å². The molecule has 0 spiro atoms. The number of amides is 2. The SMILES string of the molecule is CCc1ccc(C(=O)N2CCN(c3ccc(NC(=S)NC(=O)c4cccs4)cc3)CC2)cc1. The molecule has 2 heterocycles. The molecule has 1 aromatic heterocycles. The zero-order valence-corrected chi connectivity index (χ0v) is 20.0. The first kappa shape index (κ1) is 22.9. The van der Waals surface area contributed by atoms with E-state index in [0.29, 0.717) is 18.0 Å². The summed E-state index contributed by atoms with van der Waals surface area (Å²) in [5.74, 6) is -0.122. The number of piperazine rings is 1.